The number of hydrogen-bond acceptors (Lipinski definition) is 4. The number of amides is 1. The van der Waals surface area contributed by atoms with Crippen molar-refractivity contribution in [3.63, 3.8) is 0 Å². The predicted molar refractivity (Wildman–Crippen MR) is 110 cm³/mol. The summed E-state index contributed by atoms with van der Waals surface area (Å²) >= 11 is 0. The molecule has 150 valence electrons. The highest BCUT2D eigenvalue weighted by molar-refractivity contribution is 5.94. The van der Waals surface area contributed by atoms with Crippen molar-refractivity contribution in [3.8, 4) is 0 Å². The third kappa shape index (κ3) is 5.41. The van der Waals surface area contributed by atoms with Gasteiger partial charge in [-0.1, -0.05) is 42.5 Å². The van der Waals surface area contributed by atoms with E-state index in [0.717, 1.165) is 24.8 Å². The lowest BCUT2D eigenvalue weighted by molar-refractivity contribution is 0.0919. The fourth-order valence-corrected chi connectivity index (χ4v) is 3.97. The fourth-order valence-electron chi connectivity index (χ4n) is 3.97. The van der Waals surface area contributed by atoms with Crippen molar-refractivity contribution in [2.45, 2.75) is 37.2 Å². The molecule has 1 fully saturated rings. The molecule has 4 N–H and O–H groups in total. The van der Waals surface area contributed by atoms with E-state index >= 15 is 0 Å². The fraction of sp³-hybridized carbons (Fsp3) is 0.435. The molecule has 2 aromatic carbocycles. The van der Waals surface area contributed by atoms with Gasteiger partial charge in [-0.25, -0.2) is 0 Å². The molecule has 0 radical (unpaired) electrons. The quantitative estimate of drug-likeness (QED) is 0.613. The molecule has 0 aromatic heterocycles. The van der Waals surface area contributed by atoms with Crippen molar-refractivity contribution in [3.05, 3.63) is 71.3 Å². The van der Waals surface area contributed by atoms with E-state index in [4.69, 9.17) is 10.5 Å². The third-order valence-corrected chi connectivity index (χ3v) is 5.48. The molecule has 1 saturated carbocycles. The maximum Gasteiger partial charge on any atom is 0.251 e. The van der Waals surface area contributed by atoms with Gasteiger partial charge in [0.15, 0.2) is 0 Å². The van der Waals surface area contributed by atoms with Crippen LogP contribution in [-0.2, 0) is 4.74 Å². The molecule has 0 heterocycles. The molecule has 3 atom stereocenters. The predicted octanol–water partition coefficient (Wildman–Crippen LogP) is 2.80. The number of nitrogens with one attached hydrogen (secondary N) is 1. The average molecular weight is 383 g/mol. The Hall–Kier alpha value is -2.21. The zero-order valence-electron chi connectivity index (χ0n) is 16.2. The van der Waals surface area contributed by atoms with Crippen LogP contribution in [0.2, 0.25) is 0 Å². The first kappa shape index (κ1) is 20.5. The monoisotopic (exact) mass is 382 g/mol. The number of rotatable bonds is 8. The Kier molecular flexibility index (Phi) is 7.60. The molecule has 1 amide bonds. The summed E-state index contributed by atoms with van der Waals surface area (Å²) in [6.45, 7) is 1.90. The number of benzene rings is 2. The van der Waals surface area contributed by atoms with Crippen molar-refractivity contribution in [2.75, 3.05) is 26.3 Å². The molecule has 0 saturated heterocycles. The Morgan fingerprint density at radius 1 is 1.04 bits per heavy atom. The van der Waals surface area contributed by atoms with Crippen molar-refractivity contribution in [1.29, 1.82) is 0 Å². The largest absolute Gasteiger partial charge is 0.392 e. The minimum Gasteiger partial charge on any atom is -0.392 e. The van der Waals surface area contributed by atoms with Crippen LogP contribution in [0.1, 0.15) is 52.6 Å². The molecule has 3 rings (SSSR count). The Morgan fingerprint density at radius 2 is 1.79 bits per heavy atom. The van der Waals surface area contributed by atoms with Crippen LogP contribution in [0.25, 0.3) is 0 Å². The van der Waals surface area contributed by atoms with E-state index in [1.807, 2.05) is 30.3 Å². The SMILES string of the molecule is NCCOCCNC(=O)c1ccc(C2CCC(c3ccccc3)CC2O)cc1. The van der Waals surface area contributed by atoms with E-state index in [-0.39, 0.29) is 17.9 Å². The standard InChI is InChI=1S/C23H30N2O3/c24-12-14-28-15-13-25-23(27)19-8-6-18(7-9-19)21-11-10-20(16-22(21)26)17-4-2-1-3-5-17/h1-9,20-22,26H,10-16,24H2,(H,25,27). The summed E-state index contributed by atoms with van der Waals surface area (Å²) in [5, 5.41) is 13.6. The van der Waals surface area contributed by atoms with Crippen LogP contribution < -0.4 is 11.1 Å². The number of carbonyl (C=O) groups is 1. The molecule has 1 aliphatic rings. The molecule has 5 heteroatoms. The van der Waals surface area contributed by atoms with Crippen LogP contribution >= 0.6 is 0 Å². The van der Waals surface area contributed by atoms with Gasteiger partial charge in [0.2, 0.25) is 0 Å². The van der Waals surface area contributed by atoms with Gasteiger partial charge in [-0.15, -0.1) is 0 Å². The molecular formula is C23H30N2O3. The maximum atomic E-state index is 12.2. The summed E-state index contributed by atoms with van der Waals surface area (Å²) in [5.41, 5.74) is 8.38. The zero-order chi connectivity index (χ0) is 19.8. The molecule has 0 aliphatic heterocycles. The van der Waals surface area contributed by atoms with Gasteiger partial charge < -0.3 is 20.9 Å². The summed E-state index contributed by atoms with van der Waals surface area (Å²) in [5.74, 6) is 0.428. The summed E-state index contributed by atoms with van der Waals surface area (Å²) in [6.07, 6.45) is 2.43. The minimum absolute atomic E-state index is 0.115. The highest BCUT2D eigenvalue weighted by Gasteiger charge is 2.30. The van der Waals surface area contributed by atoms with Crippen LogP contribution in [0.15, 0.2) is 54.6 Å². The van der Waals surface area contributed by atoms with Gasteiger partial charge in [0, 0.05) is 24.6 Å². The van der Waals surface area contributed by atoms with Gasteiger partial charge in [0.25, 0.3) is 5.91 Å². The maximum absolute atomic E-state index is 12.2. The molecule has 3 unspecified atom stereocenters. The van der Waals surface area contributed by atoms with Gasteiger partial charge in [-0.2, -0.15) is 0 Å². The van der Waals surface area contributed by atoms with Gasteiger partial charge in [0.1, 0.15) is 0 Å². The zero-order valence-corrected chi connectivity index (χ0v) is 16.2. The molecule has 2 aromatic rings. The average Bonchev–Trinajstić information content (AvgIpc) is 2.74. The minimum atomic E-state index is -0.363. The lowest BCUT2D eigenvalue weighted by atomic mass is 9.74. The van der Waals surface area contributed by atoms with Gasteiger partial charge in [-0.05, 0) is 48.4 Å². The Bertz CT molecular complexity index is 733. The van der Waals surface area contributed by atoms with Crippen LogP contribution in [0.4, 0.5) is 0 Å². The Labute approximate surface area is 166 Å². The molecule has 0 bridgehead atoms. The van der Waals surface area contributed by atoms with Crippen molar-refractivity contribution in [2.24, 2.45) is 5.73 Å². The first-order chi connectivity index (χ1) is 13.7. The number of hydrogen-bond donors (Lipinski definition) is 3. The van der Waals surface area contributed by atoms with Crippen LogP contribution in [-0.4, -0.2) is 43.4 Å². The van der Waals surface area contributed by atoms with Crippen molar-refractivity contribution >= 4 is 5.91 Å². The van der Waals surface area contributed by atoms with Gasteiger partial charge >= 0.3 is 0 Å². The summed E-state index contributed by atoms with van der Waals surface area (Å²) in [7, 11) is 0. The van der Waals surface area contributed by atoms with E-state index in [0.29, 0.717) is 37.8 Å². The number of aliphatic hydroxyl groups is 1. The second kappa shape index (κ2) is 10.4. The Balaban J connectivity index is 1.53. The van der Waals surface area contributed by atoms with Crippen LogP contribution in [0.5, 0.6) is 0 Å². The highest BCUT2D eigenvalue weighted by Crippen LogP contribution is 2.40. The second-order valence-electron chi connectivity index (χ2n) is 7.37. The summed E-state index contributed by atoms with van der Waals surface area (Å²) < 4.78 is 5.25. The Morgan fingerprint density at radius 3 is 2.46 bits per heavy atom. The van der Waals surface area contributed by atoms with Crippen LogP contribution in [0.3, 0.4) is 0 Å². The smallest absolute Gasteiger partial charge is 0.251 e. The molecule has 28 heavy (non-hydrogen) atoms. The molecule has 5 nitrogen and oxygen atoms in total. The summed E-state index contributed by atoms with van der Waals surface area (Å²) in [4.78, 5) is 12.2. The second-order valence-corrected chi connectivity index (χ2v) is 7.37. The lowest BCUT2D eigenvalue weighted by Crippen LogP contribution is -2.28. The number of ether oxygens (including phenoxy) is 1. The van der Waals surface area contributed by atoms with Crippen LogP contribution in [0, 0.1) is 0 Å². The van der Waals surface area contributed by atoms with Gasteiger partial charge in [-0.3, -0.25) is 4.79 Å². The van der Waals surface area contributed by atoms with E-state index in [2.05, 4.69) is 29.6 Å². The van der Waals surface area contributed by atoms with E-state index in [1.165, 1.54) is 5.56 Å². The van der Waals surface area contributed by atoms with Crippen molar-refractivity contribution < 1.29 is 14.6 Å². The number of nitrogens with two attached hydrogens (primary N) is 1. The normalized spacial score (nSPS) is 22.0. The van der Waals surface area contributed by atoms with E-state index < -0.39 is 0 Å². The third-order valence-electron chi connectivity index (χ3n) is 5.48. The number of carbonyl (C=O) groups excluding carboxylic acids is 1. The first-order valence-corrected chi connectivity index (χ1v) is 10.1. The van der Waals surface area contributed by atoms with E-state index in [1.54, 1.807) is 0 Å². The van der Waals surface area contributed by atoms with Gasteiger partial charge in [0.05, 0.1) is 19.3 Å². The molecule has 0 spiro atoms. The first-order valence-electron chi connectivity index (χ1n) is 10.1. The van der Waals surface area contributed by atoms with Crippen molar-refractivity contribution in [1.82, 2.24) is 5.32 Å². The lowest BCUT2D eigenvalue weighted by Gasteiger charge is -2.33. The molecule has 1 aliphatic carbocycles. The highest BCUT2D eigenvalue weighted by atomic mass is 16.5. The topological polar surface area (TPSA) is 84.6 Å². The molecular weight excluding hydrogens is 352 g/mol. The van der Waals surface area contributed by atoms with E-state index in [9.17, 15) is 9.90 Å². The summed E-state index contributed by atoms with van der Waals surface area (Å²) in [6, 6.07) is 18.0. The number of aliphatic hydroxyl groups excluding tert-OH is 1.